The van der Waals surface area contributed by atoms with Crippen LogP contribution in [0.3, 0.4) is 0 Å². The summed E-state index contributed by atoms with van der Waals surface area (Å²) in [5.41, 5.74) is 3.88. The molecule has 0 aliphatic carbocycles. The number of aromatic nitrogens is 1. The van der Waals surface area contributed by atoms with Gasteiger partial charge in [-0.05, 0) is 53.9 Å². The summed E-state index contributed by atoms with van der Waals surface area (Å²) in [6.07, 6.45) is 2.16. The monoisotopic (exact) mass is 499 g/mol. The molecular weight excluding hydrogens is 478 g/mol. The summed E-state index contributed by atoms with van der Waals surface area (Å²) in [6, 6.07) is 24.5. The summed E-state index contributed by atoms with van der Waals surface area (Å²) < 4.78 is 0. The third kappa shape index (κ3) is 3.08. The Bertz CT molecular complexity index is 1680. The molecule has 38 heavy (non-hydrogen) atoms. The van der Waals surface area contributed by atoms with Gasteiger partial charge in [0, 0.05) is 23.7 Å². The first-order chi connectivity index (χ1) is 18.6. The second-order valence-corrected chi connectivity index (χ2v) is 9.81. The molecule has 3 aliphatic rings. The van der Waals surface area contributed by atoms with Gasteiger partial charge in [-0.1, -0.05) is 42.5 Å². The largest absolute Gasteiger partial charge is 0.332 e. The first-order valence-corrected chi connectivity index (χ1v) is 12.5. The Morgan fingerprint density at radius 3 is 2.45 bits per heavy atom. The van der Waals surface area contributed by atoms with E-state index in [4.69, 9.17) is 0 Å². The predicted octanol–water partition coefficient (Wildman–Crippen LogP) is 4.21. The standard InChI is InChI=1S/C30H21N5O3/c31-16-21-12-13-24(23-7-4-14-32-26(21)23)35-29(37)27-25-15-22(34(27)30(35)38)17-33(25)28(36)20-10-8-19(9-11-20)18-5-2-1-3-6-18/h1-14,22,25,27H,15,17H2. The number of hydrogen-bond donors (Lipinski definition) is 0. The van der Waals surface area contributed by atoms with Crippen LogP contribution in [0.25, 0.3) is 22.0 Å². The van der Waals surface area contributed by atoms with Crippen molar-refractivity contribution in [2.75, 3.05) is 11.4 Å². The van der Waals surface area contributed by atoms with E-state index in [1.165, 1.54) is 4.90 Å². The van der Waals surface area contributed by atoms with Crippen LogP contribution in [-0.4, -0.2) is 57.3 Å². The predicted molar refractivity (Wildman–Crippen MR) is 140 cm³/mol. The molecule has 4 amide bonds. The molecule has 7 rings (SSSR count). The highest BCUT2D eigenvalue weighted by Crippen LogP contribution is 2.44. The second-order valence-electron chi connectivity index (χ2n) is 9.81. The van der Waals surface area contributed by atoms with Crippen LogP contribution in [0.1, 0.15) is 22.3 Å². The number of nitrogens with zero attached hydrogens (tertiary/aromatic N) is 5. The van der Waals surface area contributed by atoms with Crippen LogP contribution < -0.4 is 4.90 Å². The highest BCUT2D eigenvalue weighted by atomic mass is 16.2. The van der Waals surface area contributed by atoms with E-state index >= 15 is 0 Å². The quantitative estimate of drug-likeness (QED) is 0.394. The maximum atomic E-state index is 13.7. The first kappa shape index (κ1) is 22.2. The van der Waals surface area contributed by atoms with Crippen molar-refractivity contribution in [2.24, 2.45) is 0 Å². The molecule has 2 bridgehead atoms. The Morgan fingerprint density at radius 2 is 1.68 bits per heavy atom. The van der Waals surface area contributed by atoms with Gasteiger partial charge in [-0.15, -0.1) is 0 Å². The maximum Gasteiger partial charge on any atom is 0.332 e. The van der Waals surface area contributed by atoms with Crippen LogP contribution in [-0.2, 0) is 4.79 Å². The molecular formula is C30H21N5O3. The summed E-state index contributed by atoms with van der Waals surface area (Å²) >= 11 is 0. The second kappa shape index (κ2) is 8.25. The number of carbonyl (C=O) groups excluding carboxylic acids is 3. The van der Waals surface area contributed by atoms with Gasteiger partial charge in [0.1, 0.15) is 12.1 Å². The van der Waals surface area contributed by atoms with Crippen molar-refractivity contribution in [3.8, 4) is 17.2 Å². The van der Waals surface area contributed by atoms with Crippen molar-refractivity contribution < 1.29 is 14.4 Å². The maximum absolute atomic E-state index is 13.7. The average molecular weight is 500 g/mol. The third-order valence-electron chi connectivity index (χ3n) is 7.87. The van der Waals surface area contributed by atoms with Crippen molar-refractivity contribution >= 4 is 34.4 Å². The van der Waals surface area contributed by atoms with Crippen LogP contribution in [0, 0.1) is 11.3 Å². The molecule has 0 radical (unpaired) electrons. The Balaban J connectivity index is 1.18. The van der Waals surface area contributed by atoms with E-state index in [9.17, 15) is 19.6 Å². The van der Waals surface area contributed by atoms with Gasteiger partial charge >= 0.3 is 6.03 Å². The van der Waals surface area contributed by atoms with Gasteiger partial charge in [-0.25, -0.2) is 9.69 Å². The molecule has 4 heterocycles. The molecule has 0 N–H and O–H groups in total. The van der Waals surface area contributed by atoms with Crippen LogP contribution in [0.5, 0.6) is 0 Å². The number of benzene rings is 3. The first-order valence-electron chi connectivity index (χ1n) is 12.5. The number of rotatable bonds is 3. The fourth-order valence-electron chi connectivity index (χ4n) is 6.16. The van der Waals surface area contributed by atoms with Gasteiger partial charge in [-0.3, -0.25) is 14.6 Å². The van der Waals surface area contributed by atoms with Crippen molar-refractivity contribution in [1.29, 1.82) is 5.26 Å². The Kier molecular flexibility index (Phi) is 4.82. The normalized spacial score (nSPS) is 21.8. The Hall–Kier alpha value is -5.03. The fourth-order valence-corrected chi connectivity index (χ4v) is 6.16. The van der Waals surface area contributed by atoms with Crippen molar-refractivity contribution in [1.82, 2.24) is 14.8 Å². The number of pyridine rings is 1. The molecule has 0 saturated carbocycles. The lowest BCUT2D eigenvalue weighted by Crippen LogP contribution is -2.54. The molecule has 184 valence electrons. The number of likely N-dealkylation sites (tertiary alicyclic amines) is 1. The molecule has 3 saturated heterocycles. The lowest BCUT2D eigenvalue weighted by atomic mass is 10.0. The van der Waals surface area contributed by atoms with E-state index in [1.807, 2.05) is 54.6 Å². The third-order valence-corrected chi connectivity index (χ3v) is 7.87. The van der Waals surface area contributed by atoms with Crippen LogP contribution in [0.2, 0.25) is 0 Å². The van der Waals surface area contributed by atoms with E-state index in [0.717, 1.165) is 11.1 Å². The minimum Gasteiger partial charge on any atom is -0.331 e. The summed E-state index contributed by atoms with van der Waals surface area (Å²) in [7, 11) is 0. The number of imide groups is 1. The lowest BCUT2D eigenvalue weighted by Gasteiger charge is -2.35. The Morgan fingerprint density at radius 1 is 0.921 bits per heavy atom. The van der Waals surface area contributed by atoms with Gasteiger partial charge in [0.25, 0.3) is 11.8 Å². The lowest BCUT2D eigenvalue weighted by molar-refractivity contribution is -0.121. The molecule has 4 aromatic rings. The summed E-state index contributed by atoms with van der Waals surface area (Å²) in [6.45, 7) is 0.392. The van der Waals surface area contributed by atoms with Crippen molar-refractivity contribution in [3.63, 3.8) is 0 Å². The number of anilines is 1. The smallest absolute Gasteiger partial charge is 0.331 e. The van der Waals surface area contributed by atoms with Crippen LogP contribution in [0.4, 0.5) is 10.5 Å². The zero-order chi connectivity index (χ0) is 26.0. The zero-order valence-corrected chi connectivity index (χ0v) is 20.2. The molecule has 3 atom stereocenters. The van der Waals surface area contributed by atoms with Gasteiger partial charge in [0.2, 0.25) is 0 Å². The number of amides is 4. The van der Waals surface area contributed by atoms with E-state index in [0.29, 0.717) is 40.7 Å². The fraction of sp³-hybridized carbons (Fsp3) is 0.167. The Labute approximate surface area is 218 Å². The summed E-state index contributed by atoms with van der Waals surface area (Å²) in [5.74, 6) is -0.488. The number of urea groups is 1. The van der Waals surface area contributed by atoms with E-state index in [2.05, 4.69) is 11.1 Å². The van der Waals surface area contributed by atoms with Gasteiger partial charge < -0.3 is 9.80 Å². The number of hydrogen-bond acceptors (Lipinski definition) is 5. The molecule has 8 nitrogen and oxygen atoms in total. The number of piperazine rings is 1. The zero-order valence-electron chi connectivity index (χ0n) is 20.2. The van der Waals surface area contributed by atoms with E-state index in [1.54, 1.807) is 40.3 Å². The molecule has 3 aliphatic heterocycles. The minimum absolute atomic E-state index is 0.136. The molecule has 1 aromatic heterocycles. The van der Waals surface area contributed by atoms with Gasteiger partial charge in [0.15, 0.2) is 0 Å². The van der Waals surface area contributed by atoms with Gasteiger partial charge in [-0.2, -0.15) is 5.26 Å². The molecule has 3 aromatic carbocycles. The van der Waals surface area contributed by atoms with Crippen molar-refractivity contribution in [2.45, 2.75) is 24.5 Å². The summed E-state index contributed by atoms with van der Waals surface area (Å²) in [5, 5.41) is 10.0. The van der Waals surface area contributed by atoms with Crippen LogP contribution in [0.15, 0.2) is 85.1 Å². The molecule has 0 spiro atoms. The number of fused-ring (bicyclic) bond motifs is 6. The van der Waals surface area contributed by atoms with E-state index < -0.39 is 6.04 Å². The van der Waals surface area contributed by atoms with E-state index in [-0.39, 0.29) is 29.9 Å². The van der Waals surface area contributed by atoms with Crippen molar-refractivity contribution in [3.05, 3.63) is 96.2 Å². The minimum atomic E-state index is -0.726. The molecule has 3 unspecified atom stereocenters. The molecule has 3 fully saturated rings. The number of nitriles is 1. The highest BCUT2D eigenvalue weighted by molar-refractivity contribution is 6.25. The molecule has 8 heteroatoms. The van der Waals surface area contributed by atoms with Gasteiger partial charge in [0.05, 0.1) is 28.9 Å². The SMILES string of the molecule is N#Cc1ccc(N2C(=O)C3C4CC(CN4C(=O)c4ccc(-c5ccccc5)cc4)N3C2=O)c2cccnc12. The topological polar surface area (TPSA) is 97.6 Å². The van der Waals surface area contributed by atoms with Crippen LogP contribution >= 0.6 is 0 Å². The number of carbonyl (C=O) groups is 3. The highest BCUT2D eigenvalue weighted by Gasteiger charge is 2.63. The summed E-state index contributed by atoms with van der Waals surface area (Å²) in [4.78, 5) is 49.7. The average Bonchev–Trinajstić information content (AvgIpc) is 3.64.